The Labute approximate surface area is 119 Å². The molecule has 0 spiro atoms. The van der Waals surface area contributed by atoms with Crippen molar-refractivity contribution >= 4 is 19.0 Å². The Hall–Kier alpha value is -1.44. The first kappa shape index (κ1) is 15.0. The van der Waals surface area contributed by atoms with Gasteiger partial charge in [-0.1, -0.05) is 0 Å². The number of hydrogen-bond donors (Lipinski definition) is 2. The van der Waals surface area contributed by atoms with Gasteiger partial charge in [-0.25, -0.2) is 0 Å². The molecule has 7 heteroatoms. The molecule has 1 fully saturated rings. The molecule has 0 radical (unpaired) electrons. The standard InChI is InChI=1S/C13H21BN4O2/c1-12(2)13(3,4)20-14(19-12)9(8-15)7-10-5-6-11(16)18-17-10/h5-7H,8,15H2,1-4H3,(H2,16,18). The van der Waals surface area contributed by atoms with Crippen LogP contribution in [0.15, 0.2) is 17.6 Å². The Bertz CT molecular complexity index is 498. The number of anilines is 1. The minimum Gasteiger partial charge on any atom is -0.400 e. The average Bonchev–Trinajstić information content (AvgIpc) is 2.57. The van der Waals surface area contributed by atoms with Gasteiger partial charge in [0, 0.05) is 6.54 Å². The van der Waals surface area contributed by atoms with Gasteiger partial charge in [0.1, 0.15) is 5.82 Å². The quantitative estimate of drug-likeness (QED) is 0.800. The van der Waals surface area contributed by atoms with Gasteiger partial charge in [0.25, 0.3) is 0 Å². The van der Waals surface area contributed by atoms with Crippen LogP contribution in [0.3, 0.4) is 0 Å². The predicted octanol–water partition coefficient (Wildman–Crippen LogP) is 1.03. The van der Waals surface area contributed by atoms with Gasteiger partial charge in [0.15, 0.2) is 0 Å². The zero-order valence-electron chi connectivity index (χ0n) is 12.4. The largest absolute Gasteiger partial charge is 0.491 e. The lowest BCUT2D eigenvalue weighted by Gasteiger charge is -2.32. The fourth-order valence-electron chi connectivity index (χ4n) is 1.84. The molecule has 20 heavy (non-hydrogen) atoms. The highest BCUT2D eigenvalue weighted by Crippen LogP contribution is 2.38. The average molecular weight is 276 g/mol. The molecule has 1 aromatic rings. The van der Waals surface area contributed by atoms with Crippen LogP contribution < -0.4 is 11.5 Å². The van der Waals surface area contributed by atoms with Crippen LogP contribution in [0.25, 0.3) is 6.08 Å². The van der Waals surface area contributed by atoms with Crippen molar-refractivity contribution in [1.82, 2.24) is 10.2 Å². The summed E-state index contributed by atoms with van der Waals surface area (Å²) in [7, 11) is -0.468. The predicted molar refractivity (Wildman–Crippen MR) is 79.6 cm³/mol. The molecule has 0 aromatic carbocycles. The number of hydrogen-bond acceptors (Lipinski definition) is 6. The molecular weight excluding hydrogens is 255 g/mol. The van der Waals surface area contributed by atoms with Crippen molar-refractivity contribution in [2.75, 3.05) is 12.3 Å². The van der Waals surface area contributed by atoms with E-state index >= 15 is 0 Å². The minimum atomic E-state index is -0.468. The molecule has 0 atom stereocenters. The molecule has 2 heterocycles. The Morgan fingerprint density at radius 1 is 1.20 bits per heavy atom. The van der Waals surface area contributed by atoms with Crippen molar-refractivity contribution in [3.8, 4) is 0 Å². The molecule has 0 aliphatic carbocycles. The van der Waals surface area contributed by atoms with Crippen LogP contribution in [0.1, 0.15) is 33.4 Å². The highest BCUT2D eigenvalue weighted by atomic mass is 16.7. The third kappa shape index (κ3) is 2.84. The number of nitrogens with two attached hydrogens (primary N) is 2. The first-order chi connectivity index (χ1) is 9.25. The Kier molecular flexibility index (Phi) is 3.86. The fourth-order valence-corrected chi connectivity index (χ4v) is 1.84. The third-order valence-electron chi connectivity index (χ3n) is 3.83. The van der Waals surface area contributed by atoms with E-state index < -0.39 is 18.3 Å². The van der Waals surface area contributed by atoms with E-state index in [1.54, 1.807) is 12.1 Å². The smallest absolute Gasteiger partial charge is 0.400 e. The highest BCUT2D eigenvalue weighted by molar-refractivity contribution is 6.55. The topological polar surface area (TPSA) is 96.3 Å². The van der Waals surface area contributed by atoms with Gasteiger partial charge in [-0.3, -0.25) is 0 Å². The van der Waals surface area contributed by atoms with Gasteiger partial charge in [-0.15, -0.1) is 10.2 Å². The minimum absolute atomic E-state index is 0.322. The summed E-state index contributed by atoms with van der Waals surface area (Å²) in [5.41, 5.74) is 12.0. The molecular formula is C13H21BN4O2. The van der Waals surface area contributed by atoms with Crippen molar-refractivity contribution in [1.29, 1.82) is 0 Å². The second kappa shape index (κ2) is 5.16. The van der Waals surface area contributed by atoms with Crippen molar-refractivity contribution in [2.24, 2.45) is 5.73 Å². The fraction of sp³-hybridized carbons (Fsp3) is 0.538. The number of nitrogens with zero attached hydrogens (tertiary/aromatic N) is 2. The molecule has 0 unspecified atom stereocenters. The molecule has 1 saturated heterocycles. The van der Waals surface area contributed by atoms with Gasteiger partial charge in [-0.05, 0) is 51.4 Å². The molecule has 4 N–H and O–H groups in total. The molecule has 0 amide bonds. The highest BCUT2D eigenvalue weighted by Gasteiger charge is 2.52. The molecule has 1 aliphatic heterocycles. The zero-order chi connectivity index (χ0) is 15.0. The maximum absolute atomic E-state index is 5.97. The second-order valence-electron chi connectivity index (χ2n) is 5.89. The van der Waals surface area contributed by atoms with E-state index in [1.807, 2.05) is 33.8 Å². The van der Waals surface area contributed by atoms with Crippen molar-refractivity contribution in [2.45, 2.75) is 38.9 Å². The maximum Gasteiger partial charge on any atom is 0.491 e. The third-order valence-corrected chi connectivity index (χ3v) is 3.83. The Morgan fingerprint density at radius 2 is 1.80 bits per heavy atom. The molecule has 1 aromatic heterocycles. The molecule has 2 rings (SSSR count). The normalized spacial score (nSPS) is 21.2. The van der Waals surface area contributed by atoms with E-state index in [0.717, 1.165) is 5.47 Å². The summed E-state index contributed by atoms with van der Waals surface area (Å²) >= 11 is 0. The summed E-state index contributed by atoms with van der Waals surface area (Å²) < 4.78 is 11.9. The van der Waals surface area contributed by atoms with E-state index in [1.165, 1.54) is 0 Å². The molecule has 1 aliphatic rings. The second-order valence-corrected chi connectivity index (χ2v) is 5.89. The first-order valence-corrected chi connectivity index (χ1v) is 6.60. The van der Waals surface area contributed by atoms with Crippen LogP contribution in [0.4, 0.5) is 5.82 Å². The lowest BCUT2D eigenvalue weighted by atomic mass is 9.77. The number of rotatable bonds is 3. The van der Waals surface area contributed by atoms with E-state index in [2.05, 4.69) is 10.2 Å². The maximum atomic E-state index is 5.97. The van der Waals surface area contributed by atoms with Gasteiger partial charge in [0.2, 0.25) is 0 Å². The Balaban J connectivity index is 2.24. The summed E-state index contributed by atoms with van der Waals surface area (Å²) in [5, 5.41) is 7.80. The Morgan fingerprint density at radius 3 is 2.25 bits per heavy atom. The van der Waals surface area contributed by atoms with Crippen LogP contribution >= 0.6 is 0 Å². The molecule has 6 nitrogen and oxygen atoms in total. The first-order valence-electron chi connectivity index (χ1n) is 6.60. The van der Waals surface area contributed by atoms with Gasteiger partial charge >= 0.3 is 7.12 Å². The summed E-state index contributed by atoms with van der Waals surface area (Å²) in [4.78, 5) is 0. The van der Waals surface area contributed by atoms with Crippen LogP contribution in [0.5, 0.6) is 0 Å². The van der Waals surface area contributed by atoms with Crippen LogP contribution in [-0.2, 0) is 9.31 Å². The monoisotopic (exact) mass is 276 g/mol. The number of nitrogen functional groups attached to an aromatic ring is 1. The van der Waals surface area contributed by atoms with Gasteiger partial charge in [-0.2, -0.15) is 0 Å². The van der Waals surface area contributed by atoms with E-state index in [9.17, 15) is 0 Å². The van der Waals surface area contributed by atoms with E-state index in [-0.39, 0.29) is 0 Å². The van der Waals surface area contributed by atoms with Crippen LogP contribution in [0, 0.1) is 0 Å². The molecule has 108 valence electrons. The van der Waals surface area contributed by atoms with Crippen molar-refractivity contribution < 1.29 is 9.31 Å². The molecule has 0 saturated carbocycles. The summed E-state index contributed by atoms with van der Waals surface area (Å²) in [6, 6.07) is 3.47. The van der Waals surface area contributed by atoms with Crippen molar-refractivity contribution in [3.05, 3.63) is 23.3 Å². The van der Waals surface area contributed by atoms with Crippen LogP contribution in [-0.4, -0.2) is 35.1 Å². The SMILES string of the molecule is CC1(C)OB(C(=Cc2ccc(N)nn2)CN)OC1(C)C. The number of aromatic nitrogens is 2. The molecule has 0 bridgehead atoms. The summed E-state index contributed by atoms with van der Waals surface area (Å²) in [6.45, 7) is 8.34. The van der Waals surface area contributed by atoms with Gasteiger partial charge in [0.05, 0.1) is 16.9 Å². The van der Waals surface area contributed by atoms with Gasteiger partial charge < -0.3 is 20.8 Å². The van der Waals surface area contributed by atoms with E-state index in [4.69, 9.17) is 20.8 Å². The van der Waals surface area contributed by atoms with Crippen LogP contribution in [0.2, 0.25) is 0 Å². The zero-order valence-corrected chi connectivity index (χ0v) is 12.4. The lowest BCUT2D eigenvalue weighted by molar-refractivity contribution is 0.00578. The summed E-state index contributed by atoms with van der Waals surface area (Å²) in [6.07, 6.45) is 1.83. The summed E-state index contributed by atoms with van der Waals surface area (Å²) in [5.74, 6) is 0.382. The van der Waals surface area contributed by atoms with Crippen molar-refractivity contribution in [3.63, 3.8) is 0 Å². The van der Waals surface area contributed by atoms with E-state index in [0.29, 0.717) is 18.1 Å². The lowest BCUT2D eigenvalue weighted by Crippen LogP contribution is -2.41.